The second-order valence-corrected chi connectivity index (χ2v) is 10.1. The lowest BCUT2D eigenvalue weighted by molar-refractivity contribution is 0.172. The van der Waals surface area contributed by atoms with E-state index < -0.39 is 6.10 Å². The first-order valence-corrected chi connectivity index (χ1v) is 12.5. The van der Waals surface area contributed by atoms with Gasteiger partial charge in [0.05, 0.1) is 28.9 Å². The predicted octanol–water partition coefficient (Wildman–Crippen LogP) is 3.21. The normalized spacial score (nSPS) is 21.9. The lowest BCUT2D eigenvalue weighted by atomic mass is 10.1. The number of nitrogens with zero attached hydrogens (tertiary/aromatic N) is 3. The number of pyridine rings is 1. The number of aliphatic hydroxyl groups is 1. The van der Waals surface area contributed by atoms with Gasteiger partial charge in [-0.2, -0.15) is 0 Å². The summed E-state index contributed by atoms with van der Waals surface area (Å²) in [5.74, 6) is 0.546. The number of thiophene rings is 1. The van der Waals surface area contributed by atoms with Gasteiger partial charge in [0.15, 0.2) is 0 Å². The van der Waals surface area contributed by atoms with Gasteiger partial charge in [-0.25, -0.2) is 4.98 Å². The Morgan fingerprint density at radius 1 is 1.15 bits per heavy atom. The minimum absolute atomic E-state index is 0.0677. The highest BCUT2D eigenvalue weighted by Crippen LogP contribution is 2.35. The summed E-state index contributed by atoms with van der Waals surface area (Å²) in [6.07, 6.45) is 2.23. The highest BCUT2D eigenvalue weighted by atomic mass is 32.1. The number of anilines is 2. The molecule has 33 heavy (non-hydrogen) atoms. The monoisotopic (exact) mass is 464 g/mol. The number of piperazine rings is 1. The molecule has 1 saturated heterocycles. The van der Waals surface area contributed by atoms with Crippen molar-refractivity contribution < 1.29 is 5.11 Å². The number of hydrogen-bond donors (Lipinski definition) is 4. The molecule has 2 fully saturated rings. The molecular weight excluding hydrogens is 436 g/mol. The van der Waals surface area contributed by atoms with Gasteiger partial charge in [-0.1, -0.05) is 0 Å². The van der Waals surface area contributed by atoms with Crippen molar-refractivity contribution in [1.82, 2.24) is 19.9 Å². The van der Waals surface area contributed by atoms with Crippen LogP contribution in [0.25, 0.3) is 32.6 Å². The predicted molar refractivity (Wildman–Crippen MR) is 135 cm³/mol. The summed E-state index contributed by atoms with van der Waals surface area (Å²) in [6, 6.07) is 8.20. The van der Waals surface area contributed by atoms with Gasteiger partial charge in [0, 0.05) is 37.3 Å². The van der Waals surface area contributed by atoms with Gasteiger partial charge in [0.2, 0.25) is 0 Å². The van der Waals surface area contributed by atoms with Gasteiger partial charge in [-0.3, -0.25) is 4.79 Å². The molecule has 1 saturated carbocycles. The zero-order valence-electron chi connectivity index (χ0n) is 18.6. The van der Waals surface area contributed by atoms with E-state index in [2.05, 4.69) is 44.3 Å². The molecule has 0 amide bonds. The second-order valence-electron chi connectivity index (χ2n) is 9.19. The van der Waals surface area contributed by atoms with Crippen molar-refractivity contribution in [3.63, 3.8) is 0 Å². The molecule has 4 heterocycles. The molecule has 6 rings (SSSR count). The Hall–Kier alpha value is -2.88. The van der Waals surface area contributed by atoms with E-state index >= 15 is 0 Å². The summed E-state index contributed by atoms with van der Waals surface area (Å²) >= 11 is 1.50. The fourth-order valence-corrected chi connectivity index (χ4v) is 5.85. The number of aromatic amines is 2. The molecule has 4 aromatic rings. The van der Waals surface area contributed by atoms with Gasteiger partial charge in [0.25, 0.3) is 5.56 Å². The van der Waals surface area contributed by atoms with Crippen LogP contribution in [0.1, 0.15) is 19.3 Å². The molecule has 1 aliphatic heterocycles. The maximum atomic E-state index is 13.2. The first kappa shape index (κ1) is 20.7. The Balaban J connectivity index is 1.43. The summed E-state index contributed by atoms with van der Waals surface area (Å²) in [6.45, 7) is 4.08. The number of rotatable bonds is 4. The van der Waals surface area contributed by atoms with E-state index in [4.69, 9.17) is 4.98 Å². The lowest BCUT2D eigenvalue weighted by Gasteiger charge is -2.34. The molecule has 9 heteroatoms. The van der Waals surface area contributed by atoms with Crippen molar-refractivity contribution in [3.05, 3.63) is 40.0 Å². The Labute approximate surface area is 195 Å². The van der Waals surface area contributed by atoms with Crippen LogP contribution in [-0.4, -0.2) is 70.3 Å². The number of aliphatic hydroxyl groups excluding tert-OH is 1. The number of hydrogen-bond acceptors (Lipinski definition) is 7. The summed E-state index contributed by atoms with van der Waals surface area (Å²) in [5, 5.41) is 16.8. The van der Waals surface area contributed by atoms with Crippen LogP contribution in [0.2, 0.25) is 0 Å². The first-order chi connectivity index (χ1) is 16.1. The molecule has 1 aliphatic carbocycles. The second kappa shape index (κ2) is 8.16. The Morgan fingerprint density at radius 3 is 2.79 bits per heavy atom. The number of fused-ring (bicyclic) bond motifs is 2. The smallest absolute Gasteiger partial charge is 0.262 e. The van der Waals surface area contributed by atoms with Crippen LogP contribution in [-0.2, 0) is 0 Å². The number of imidazole rings is 1. The maximum absolute atomic E-state index is 13.2. The molecule has 8 nitrogen and oxygen atoms in total. The topological polar surface area (TPSA) is 100 Å². The van der Waals surface area contributed by atoms with Crippen LogP contribution in [0.5, 0.6) is 0 Å². The maximum Gasteiger partial charge on any atom is 0.262 e. The molecule has 0 bridgehead atoms. The Kier molecular flexibility index (Phi) is 5.12. The van der Waals surface area contributed by atoms with Crippen molar-refractivity contribution in [2.75, 3.05) is 43.4 Å². The minimum atomic E-state index is -0.410. The van der Waals surface area contributed by atoms with Crippen LogP contribution < -0.4 is 15.8 Å². The molecule has 0 spiro atoms. The first-order valence-electron chi connectivity index (χ1n) is 11.6. The van der Waals surface area contributed by atoms with Crippen molar-refractivity contribution in [1.29, 1.82) is 0 Å². The molecule has 0 radical (unpaired) electrons. The molecule has 1 aromatic carbocycles. The highest BCUT2D eigenvalue weighted by molar-refractivity contribution is 7.16. The molecule has 172 valence electrons. The highest BCUT2D eigenvalue weighted by Gasteiger charge is 2.28. The third-order valence-electron chi connectivity index (χ3n) is 7.02. The number of benzene rings is 1. The van der Waals surface area contributed by atoms with Crippen molar-refractivity contribution in [2.24, 2.45) is 0 Å². The number of nitrogens with one attached hydrogen (secondary N) is 3. The molecule has 4 N–H and O–H groups in total. The van der Waals surface area contributed by atoms with E-state index in [0.717, 1.165) is 72.4 Å². The van der Waals surface area contributed by atoms with E-state index in [1.807, 2.05) is 17.5 Å². The Bertz CT molecular complexity index is 1370. The molecular formula is C24H28N6O2S. The van der Waals surface area contributed by atoms with Crippen molar-refractivity contribution in [3.8, 4) is 11.4 Å². The van der Waals surface area contributed by atoms with Gasteiger partial charge in [-0.15, -0.1) is 11.3 Å². The molecule has 2 unspecified atom stereocenters. The van der Waals surface area contributed by atoms with Crippen LogP contribution in [0.15, 0.2) is 34.4 Å². The lowest BCUT2D eigenvalue weighted by Crippen LogP contribution is -2.44. The van der Waals surface area contributed by atoms with Gasteiger partial charge < -0.3 is 30.2 Å². The summed E-state index contributed by atoms with van der Waals surface area (Å²) in [4.78, 5) is 30.0. The van der Waals surface area contributed by atoms with Crippen LogP contribution in [0.4, 0.5) is 11.4 Å². The molecule has 2 aliphatic rings. The van der Waals surface area contributed by atoms with E-state index in [-0.39, 0.29) is 11.6 Å². The fourth-order valence-electron chi connectivity index (χ4n) is 5.06. The number of likely N-dealkylation sites (N-methyl/N-ethyl adjacent to an activating group) is 1. The molecule has 2 atom stereocenters. The van der Waals surface area contributed by atoms with Gasteiger partial charge in [0.1, 0.15) is 16.2 Å². The van der Waals surface area contributed by atoms with Gasteiger partial charge in [-0.05, 0) is 56.0 Å². The standard InChI is InChI=1S/C24H28N6O2S/c1-29-8-10-30(11-9-29)14-5-6-16-18(13-14)27-22(26-16)20-21(25-17-3-2-4-19(17)31)15-7-12-33-24(15)28-23(20)32/h5-7,12-13,17,19,31H,2-4,8-11H2,1H3,(H,26,27)(H2,25,28,32). The van der Waals surface area contributed by atoms with E-state index in [0.29, 0.717) is 11.4 Å². The van der Waals surface area contributed by atoms with Crippen LogP contribution in [0.3, 0.4) is 0 Å². The van der Waals surface area contributed by atoms with Crippen molar-refractivity contribution >= 4 is 44.0 Å². The van der Waals surface area contributed by atoms with E-state index in [9.17, 15) is 9.90 Å². The zero-order chi connectivity index (χ0) is 22.5. The number of H-pyrrole nitrogens is 2. The largest absolute Gasteiger partial charge is 0.391 e. The average Bonchev–Trinajstić information content (AvgIpc) is 3.53. The fraction of sp³-hybridized carbons (Fsp3) is 0.417. The van der Waals surface area contributed by atoms with E-state index in [1.165, 1.54) is 17.0 Å². The van der Waals surface area contributed by atoms with Crippen LogP contribution >= 0.6 is 11.3 Å². The van der Waals surface area contributed by atoms with Crippen molar-refractivity contribution in [2.45, 2.75) is 31.4 Å². The van der Waals surface area contributed by atoms with E-state index in [1.54, 1.807) is 0 Å². The zero-order valence-corrected chi connectivity index (χ0v) is 19.4. The quantitative estimate of drug-likeness (QED) is 0.370. The van der Waals surface area contributed by atoms with Gasteiger partial charge >= 0.3 is 0 Å². The third kappa shape index (κ3) is 3.70. The summed E-state index contributed by atoms with van der Waals surface area (Å²) in [5.41, 5.74) is 3.98. The molecule has 3 aromatic heterocycles. The third-order valence-corrected chi connectivity index (χ3v) is 7.85. The minimum Gasteiger partial charge on any atom is -0.391 e. The summed E-state index contributed by atoms with van der Waals surface area (Å²) in [7, 11) is 2.15. The van der Waals surface area contributed by atoms with Crippen LogP contribution in [0, 0.1) is 0 Å². The average molecular weight is 465 g/mol. The number of aromatic nitrogens is 3. The Morgan fingerprint density at radius 2 is 2.00 bits per heavy atom. The SMILES string of the molecule is CN1CCN(c2ccc3nc(-c4c(NC5CCCC5O)c5ccsc5[nH]c4=O)[nH]c3c2)CC1. The summed E-state index contributed by atoms with van der Waals surface area (Å²) < 4.78 is 0.